The maximum Gasteiger partial charge on any atom is -0.0186 e. The molecule has 0 aliphatic rings. The van der Waals surface area contributed by atoms with Crippen molar-refractivity contribution >= 4 is 0 Å². The summed E-state index contributed by atoms with van der Waals surface area (Å²) in [7, 11) is 0. The maximum absolute atomic E-state index is 3.28. The topological polar surface area (TPSA) is 0 Å². The van der Waals surface area contributed by atoms with Crippen LogP contribution >= 0.6 is 0 Å². The van der Waals surface area contributed by atoms with Gasteiger partial charge in [0.25, 0.3) is 0 Å². The number of allylic oxidation sites excluding steroid dienone is 1. The van der Waals surface area contributed by atoms with E-state index in [0.29, 0.717) is 5.92 Å². The van der Waals surface area contributed by atoms with Crippen molar-refractivity contribution in [2.45, 2.75) is 73.1 Å². The molecule has 0 nitrogen and oxygen atoms in total. The lowest BCUT2D eigenvalue weighted by molar-refractivity contribution is 0.292. The van der Waals surface area contributed by atoms with E-state index in [1.807, 2.05) is 0 Å². The standard InChI is InChI=1S/C17H32/c1-6-9-10-12-15(4)13-14-17(8-3)16(5)11-7-2/h9,12,15-17H,6-8,11,13-14H2,1-5H3. The largest absolute Gasteiger partial charge is 0.129 e. The predicted octanol–water partition coefficient (Wildman–Crippen LogP) is 5.99. The molecule has 0 heterocycles. The smallest absolute Gasteiger partial charge is 0.0186 e. The minimum atomic E-state index is 0.681. The molecule has 0 heteroatoms. The molecule has 0 fully saturated rings. The number of hydrogen-bond acceptors (Lipinski definition) is 0. The molecule has 17 heavy (non-hydrogen) atoms. The third-order valence-electron chi connectivity index (χ3n) is 3.77. The highest BCUT2D eigenvalue weighted by Crippen LogP contribution is 2.26. The number of hydrogen-bond donors (Lipinski definition) is 0. The lowest BCUT2D eigenvalue weighted by Gasteiger charge is -2.23. The van der Waals surface area contributed by atoms with Gasteiger partial charge in [0.2, 0.25) is 0 Å². The van der Waals surface area contributed by atoms with Gasteiger partial charge < -0.3 is 0 Å². The molecule has 0 amide bonds. The van der Waals surface area contributed by atoms with Crippen LogP contribution in [0.5, 0.6) is 0 Å². The molecular weight excluding hydrogens is 204 g/mol. The zero-order chi connectivity index (χ0) is 13.1. The first-order chi connectivity index (χ1) is 8.15. The molecule has 0 aliphatic carbocycles. The zero-order valence-corrected chi connectivity index (χ0v) is 12.6. The summed E-state index contributed by atoms with van der Waals surface area (Å²) in [5, 5.41) is 0. The molecule has 100 valence electrons. The maximum atomic E-state index is 3.28. The third kappa shape index (κ3) is 8.27. The lowest BCUT2D eigenvalue weighted by atomic mass is 9.83. The molecule has 0 aromatic heterocycles. The molecule has 3 atom stereocenters. The van der Waals surface area contributed by atoms with Crippen LogP contribution in [0.2, 0.25) is 0 Å². The summed E-state index contributed by atoms with van der Waals surface area (Å²) in [5.41, 5.74) is 3.28. The van der Waals surface area contributed by atoms with Gasteiger partial charge >= 0.3 is 0 Å². The molecule has 0 aliphatic heterocycles. The summed E-state index contributed by atoms with van der Waals surface area (Å²) in [6.07, 6.45) is 12.2. The normalized spacial score (nSPS) is 15.8. The molecule has 0 N–H and O–H groups in total. The monoisotopic (exact) mass is 236 g/mol. The van der Waals surface area contributed by atoms with Crippen molar-refractivity contribution in [3.8, 4) is 0 Å². The van der Waals surface area contributed by atoms with E-state index in [1.54, 1.807) is 0 Å². The van der Waals surface area contributed by atoms with E-state index in [9.17, 15) is 0 Å². The first kappa shape index (κ1) is 16.5. The molecule has 0 saturated carbocycles. The van der Waals surface area contributed by atoms with Crippen LogP contribution in [0.1, 0.15) is 73.1 Å². The minimum Gasteiger partial charge on any atom is -0.129 e. The van der Waals surface area contributed by atoms with Crippen LogP contribution in [-0.2, 0) is 0 Å². The van der Waals surface area contributed by atoms with Crippen molar-refractivity contribution in [3.63, 3.8) is 0 Å². The molecule has 0 radical (unpaired) electrons. The van der Waals surface area contributed by atoms with Crippen molar-refractivity contribution in [1.82, 2.24) is 0 Å². The van der Waals surface area contributed by atoms with Crippen LogP contribution in [0.15, 0.2) is 17.9 Å². The Kier molecular flexibility index (Phi) is 10.4. The molecule has 0 aromatic carbocycles. The Morgan fingerprint density at radius 1 is 1.00 bits per heavy atom. The van der Waals surface area contributed by atoms with Gasteiger partial charge in [-0.25, -0.2) is 0 Å². The second-order valence-corrected chi connectivity index (χ2v) is 5.43. The Bertz CT molecular complexity index is 220. The molecular formula is C17H32. The average molecular weight is 236 g/mol. The van der Waals surface area contributed by atoms with Crippen molar-refractivity contribution in [2.75, 3.05) is 0 Å². The average Bonchev–Trinajstić information content (AvgIpc) is 2.30. The fourth-order valence-electron chi connectivity index (χ4n) is 2.49. The summed E-state index contributed by atoms with van der Waals surface area (Å²) in [5.74, 6) is 2.49. The van der Waals surface area contributed by atoms with Crippen LogP contribution in [0.25, 0.3) is 0 Å². The van der Waals surface area contributed by atoms with E-state index in [1.165, 1.54) is 32.1 Å². The Morgan fingerprint density at radius 3 is 2.24 bits per heavy atom. The van der Waals surface area contributed by atoms with Gasteiger partial charge in [-0.15, -0.1) is 5.73 Å². The number of rotatable bonds is 9. The highest BCUT2D eigenvalue weighted by Gasteiger charge is 2.14. The van der Waals surface area contributed by atoms with Gasteiger partial charge in [-0.1, -0.05) is 53.9 Å². The van der Waals surface area contributed by atoms with Gasteiger partial charge in [0.1, 0.15) is 0 Å². The SMILES string of the molecule is CCC=C=CC(C)CCC(CC)C(C)CCC. The second kappa shape index (κ2) is 10.7. The summed E-state index contributed by atoms with van der Waals surface area (Å²) < 4.78 is 0. The molecule has 0 rings (SSSR count). The van der Waals surface area contributed by atoms with Crippen molar-refractivity contribution in [3.05, 3.63) is 17.9 Å². The highest BCUT2D eigenvalue weighted by molar-refractivity contribution is 4.87. The van der Waals surface area contributed by atoms with E-state index < -0.39 is 0 Å². The van der Waals surface area contributed by atoms with Crippen LogP contribution in [0.3, 0.4) is 0 Å². The van der Waals surface area contributed by atoms with Crippen LogP contribution in [0, 0.1) is 17.8 Å². The first-order valence-electron chi connectivity index (χ1n) is 7.56. The molecule has 0 aromatic rings. The second-order valence-electron chi connectivity index (χ2n) is 5.43. The summed E-state index contributed by atoms with van der Waals surface area (Å²) in [6.45, 7) is 11.5. The van der Waals surface area contributed by atoms with Crippen molar-refractivity contribution < 1.29 is 0 Å². The zero-order valence-electron chi connectivity index (χ0n) is 12.6. The third-order valence-corrected chi connectivity index (χ3v) is 3.77. The fraction of sp³-hybridized carbons (Fsp3) is 0.824. The molecule has 0 bridgehead atoms. The fourth-order valence-corrected chi connectivity index (χ4v) is 2.49. The van der Waals surface area contributed by atoms with Gasteiger partial charge in [0.05, 0.1) is 0 Å². The summed E-state index contributed by atoms with van der Waals surface area (Å²) in [4.78, 5) is 0. The Hall–Kier alpha value is -0.480. The van der Waals surface area contributed by atoms with Gasteiger partial charge in [-0.3, -0.25) is 0 Å². The molecule has 3 unspecified atom stereocenters. The van der Waals surface area contributed by atoms with Crippen LogP contribution < -0.4 is 0 Å². The van der Waals surface area contributed by atoms with E-state index in [4.69, 9.17) is 0 Å². The Balaban J connectivity index is 4.01. The van der Waals surface area contributed by atoms with Gasteiger partial charge in [0.15, 0.2) is 0 Å². The summed E-state index contributed by atoms with van der Waals surface area (Å²) >= 11 is 0. The highest BCUT2D eigenvalue weighted by atomic mass is 14.2. The molecule has 0 spiro atoms. The Morgan fingerprint density at radius 2 is 1.71 bits per heavy atom. The van der Waals surface area contributed by atoms with E-state index in [-0.39, 0.29) is 0 Å². The Labute approximate surface area is 109 Å². The van der Waals surface area contributed by atoms with Crippen molar-refractivity contribution in [1.29, 1.82) is 0 Å². The minimum absolute atomic E-state index is 0.681. The van der Waals surface area contributed by atoms with Gasteiger partial charge in [-0.05, 0) is 49.2 Å². The quantitative estimate of drug-likeness (QED) is 0.432. The first-order valence-corrected chi connectivity index (χ1v) is 7.56. The summed E-state index contributed by atoms with van der Waals surface area (Å²) in [6, 6.07) is 0. The van der Waals surface area contributed by atoms with Crippen LogP contribution in [0.4, 0.5) is 0 Å². The van der Waals surface area contributed by atoms with E-state index in [2.05, 4.69) is 52.5 Å². The molecule has 0 saturated heterocycles. The van der Waals surface area contributed by atoms with Crippen molar-refractivity contribution in [2.24, 2.45) is 17.8 Å². The predicted molar refractivity (Wildman–Crippen MR) is 79.2 cm³/mol. The van der Waals surface area contributed by atoms with Gasteiger partial charge in [-0.2, -0.15) is 0 Å². The van der Waals surface area contributed by atoms with Crippen LogP contribution in [-0.4, -0.2) is 0 Å². The van der Waals surface area contributed by atoms with Gasteiger partial charge in [0, 0.05) is 0 Å². The van der Waals surface area contributed by atoms with E-state index >= 15 is 0 Å². The van der Waals surface area contributed by atoms with E-state index in [0.717, 1.165) is 18.3 Å². The lowest BCUT2D eigenvalue weighted by Crippen LogP contribution is -2.11.